The number of fused-ring (bicyclic) bond motifs is 1. The molecule has 4 rings (SSSR count). The fraction of sp³-hybridized carbons (Fsp3) is 0.278. The van der Waals surface area contributed by atoms with Crippen molar-refractivity contribution in [1.82, 2.24) is 20.2 Å². The van der Waals surface area contributed by atoms with E-state index in [1.807, 2.05) is 0 Å². The van der Waals surface area contributed by atoms with Crippen molar-refractivity contribution in [2.45, 2.75) is 18.9 Å². The third kappa shape index (κ3) is 2.97. The zero-order valence-electron chi connectivity index (χ0n) is 14.4. The predicted molar refractivity (Wildman–Crippen MR) is 89.8 cm³/mol. The van der Waals surface area contributed by atoms with Crippen LogP contribution in [0, 0.1) is 5.92 Å². The Morgan fingerprint density at radius 2 is 1.85 bits per heavy atom. The lowest BCUT2D eigenvalue weighted by Crippen LogP contribution is -2.42. The van der Waals surface area contributed by atoms with E-state index in [9.17, 15) is 19.2 Å². The molecule has 2 aliphatic rings. The summed E-state index contributed by atoms with van der Waals surface area (Å²) in [4.78, 5) is 54.3. The highest BCUT2D eigenvalue weighted by Gasteiger charge is 2.41. The van der Waals surface area contributed by atoms with Crippen molar-refractivity contribution >= 4 is 23.7 Å². The zero-order valence-corrected chi connectivity index (χ0v) is 14.4. The van der Waals surface area contributed by atoms with E-state index in [0.29, 0.717) is 11.5 Å². The van der Waals surface area contributed by atoms with Gasteiger partial charge in [-0.15, -0.1) is 0 Å². The van der Waals surface area contributed by atoms with Crippen molar-refractivity contribution in [3.8, 4) is 0 Å². The van der Waals surface area contributed by atoms with Crippen LogP contribution in [-0.2, 0) is 21.5 Å². The Morgan fingerprint density at radius 1 is 1.19 bits per heavy atom. The minimum atomic E-state index is -0.784. The number of carbonyl (C=O) groups is 4. The van der Waals surface area contributed by atoms with Gasteiger partial charge in [0.1, 0.15) is 0 Å². The topological polar surface area (TPSA) is 111 Å². The second-order valence-corrected chi connectivity index (χ2v) is 6.56. The highest BCUT2D eigenvalue weighted by atomic mass is 16.7. The third-order valence-electron chi connectivity index (χ3n) is 4.69. The van der Waals surface area contributed by atoms with Crippen molar-refractivity contribution in [2.24, 2.45) is 13.0 Å². The minimum Gasteiger partial charge on any atom is -0.349 e. The fourth-order valence-electron chi connectivity index (χ4n) is 3.34. The van der Waals surface area contributed by atoms with Gasteiger partial charge >= 0.3 is 5.97 Å². The Balaban J connectivity index is 1.49. The number of hydrogen-bond donors (Lipinski definition) is 1. The lowest BCUT2D eigenvalue weighted by Gasteiger charge is -2.28. The molecule has 2 atom stereocenters. The summed E-state index contributed by atoms with van der Waals surface area (Å²) in [6, 6.07) is 5.85. The van der Waals surface area contributed by atoms with Gasteiger partial charge in [0.25, 0.3) is 11.8 Å². The number of carbonyl (C=O) groups excluding carboxylic acids is 4. The number of benzene rings is 1. The first-order valence-electron chi connectivity index (χ1n) is 8.41. The van der Waals surface area contributed by atoms with Gasteiger partial charge in [-0.1, -0.05) is 17.2 Å². The number of imide groups is 1. The monoisotopic (exact) mass is 368 g/mol. The normalized spacial score (nSPS) is 21.8. The van der Waals surface area contributed by atoms with Crippen molar-refractivity contribution < 1.29 is 24.0 Å². The zero-order chi connectivity index (χ0) is 19.1. The molecule has 1 saturated heterocycles. The molecule has 9 nitrogen and oxygen atoms in total. The molecule has 0 radical (unpaired) electrons. The van der Waals surface area contributed by atoms with E-state index in [1.54, 1.807) is 36.3 Å². The van der Waals surface area contributed by atoms with E-state index in [-0.39, 0.29) is 29.5 Å². The van der Waals surface area contributed by atoms with E-state index in [0.717, 1.165) is 5.56 Å². The van der Waals surface area contributed by atoms with Gasteiger partial charge in [-0.3, -0.25) is 19.1 Å². The molecule has 0 saturated carbocycles. The van der Waals surface area contributed by atoms with Crippen LogP contribution in [0.5, 0.6) is 0 Å². The van der Waals surface area contributed by atoms with Gasteiger partial charge in [0, 0.05) is 25.2 Å². The van der Waals surface area contributed by atoms with Crippen molar-refractivity contribution in [1.29, 1.82) is 0 Å². The van der Waals surface area contributed by atoms with E-state index in [2.05, 4.69) is 10.4 Å². The predicted octanol–water partition coefficient (Wildman–Crippen LogP) is 0.742. The average Bonchev–Trinajstić information content (AvgIpc) is 3.19. The fourth-order valence-corrected chi connectivity index (χ4v) is 3.34. The van der Waals surface area contributed by atoms with Crippen LogP contribution < -0.4 is 5.32 Å². The first kappa shape index (κ1) is 17.0. The lowest BCUT2D eigenvalue weighted by atomic mass is 9.89. The molecule has 2 aromatic rings. The highest BCUT2D eigenvalue weighted by molar-refractivity contribution is 6.20. The van der Waals surface area contributed by atoms with E-state index in [4.69, 9.17) is 4.84 Å². The van der Waals surface area contributed by atoms with Gasteiger partial charge < -0.3 is 10.2 Å². The van der Waals surface area contributed by atoms with Gasteiger partial charge in [0.2, 0.25) is 5.91 Å². The molecule has 0 spiro atoms. The lowest BCUT2D eigenvalue weighted by molar-refractivity contribution is -0.176. The smallest absolute Gasteiger partial charge is 0.336 e. The van der Waals surface area contributed by atoms with Crippen LogP contribution in [0.25, 0.3) is 0 Å². The minimum absolute atomic E-state index is 0.0707. The maximum atomic E-state index is 12.6. The summed E-state index contributed by atoms with van der Waals surface area (Å²) < 4.78 is 1.60. The van der Waals surface area contributed by atoms with Crippen LogP contribution in [0.15, 0.2) is 36.7 Å². The van der Waals surface area contributed by atoms with Crippen LogP contribution in [-0.4, -0.2) is 38.5 Å². The van der Waals surface area contributed by atoms with E-state index >= 15 is 0 Å². The van der Waals surface area contributed by atoms with Crippen molar-refractivity contribution in [3.63, 3.8) is 0 Å². The van der Waals surface area contributed by atoms with E-state index in [1.165, 1.54) is 12.1 Å². The maximum absolute atomic E-state index is 12.6. The molecule has 138 valence electrons. The number of rotatable bonds is 3. The second-order valence-electron chi connectivity index (χ2n) is 6.56. The quantitative estimate of drug-likeness (QED) is 0.800. The number of hydrogen-bond acceptors (Lipinski definition) is 6. The van der Waals surface area contributed by atoms with E-state index < -0.39 is 23.7 Å². The molecule has 2 aliphatic heterocycles. The summed E-state index contributed by atoms with van der Waals surface area (Å²) in [7, 11) is 1.75. The van der Waals surface area contributed by atoms with Gasteiger partial charge in [-0.05, 0) is 18.6 Å². The molecule has 1 aromatic carbocycles. The number of amides is 3. The Bertz CT molecular complexity index is 931. The number of hydroxylamine groups is 2. The van der Waals surface area contributed by atoms with Gasteiger partial charge in [0.15, 0.2) is 0 Å². The summed E-state index contributed by atoms with van der Waals surface area (Å²) in [6.45, 7) is 0. The molecular formula is C18H16N4O5. The Labute approximate surface area is 153 Å². The molecule has 0 unspecified atom stereocenters. The molecule has 1 aromatic heterocycles. The molecule has 1 N–H and O–H groups in total. The first-order chi connectivity index (χ1) is 12.9. The number of nitrogens with one attached hydrogen (secondary N) is 1. The Kier molecular flexibility index (Phi) is 3.98. The highest BCUT2D eigenvalue weighted by Crippen LogP contribution is 2.30. The van der Waals surface area contributed by atoms with Crippen LogP contribution in [0.3, 0.4) is 0 Å². The van der Waals surface area contributed by atoms with Gasteiger partial charge in [0.05, 0.1) is 29.3 Å². The van der Waals surface area contributed by atoms with Crippen LogP contribution in [0.2, 0.25) is 0 Å². The number of nitrogens with zero attached hydrogens (tertiary/aromatic N) is 3. The van der Waals surface area contributed by atoms with Gasteiger partial charge in [-0.25, -0.2) is 4.79 Å². The standard InChI is InChI=1S/C18H16N4O5/c1-21-9-11(8-19-21)14-6-10(7-15(23)20-14)18(26)27-22-16(24)12-4-2-3-5-13(12)17(22)25/h2-5,8-10,14H,6-7H2,1H3,(H,20,23)/t10-,14-/m0/s1. The third-order valence-corrected chi connectivity index (χ3v) is 4.69. The largest absolute Gasteiger partial charge is 0.349 e. The second kappa shape index (κ2) is 6.35. The number of piperidine rings is 1. The summed E-state index contributed by atoms with van der Waals surface area (Å²) in [5.74, 6) is -3.23. The van der Waals surface area contributed by atoms with Crippen LogP contribution >= 0.6 is 0 Å². The summed E-state index contributed by atoms with van der Waals surface area (Å²) in [5.41, 5.74) is 1.14. The van der Waals surface area contributed by atoms with Crippen LogP contribution in [0.1, 0.15) is 45.2 Å². The Hall–Kier alpha value is -3.49. The SMILES string of the molecule is Cn1cc([C@@H]2C[C@H](C(=O)ON3C(=O)c4ccccc4C3=O)CC(=O)N2)cn1. The maximum Gasteiger partial charge on any atom is 0.336 e. The molecule has 3 heterocycles. The summed E-state index contributed by atoms with van der Waals surface area (Å²) in [5, 5.41) is 7.34. The number of aryl methyl sites for hydroxylation is 1. The molecule has 9 heteroatoms. The van der Waals surface area contributed by atoms with Gasteiger partial charge in [-0.2, -0.15) is 5.10 Å². The molecule has 27 heavy (non-hydrogen) atoms. The molecule has 3 amide bonds. The number of aromatic nitrogens is 2. The van der Waals surface area contributed by atoms with Crippen LogP contribution in [0.4, 0.5) is 0 Å². The Morgan fingerprint density at radius 3 is 2.44 bits per heavy atom. The molecule has 0 bridgehead atoms. The molecular weight excluding hydrogens is 352 g/mol. The first-order valence-corrected chi connectivity index (χ1v) is 8.41. The molecule has 0 aliphatic carbocycles. The molecule has 1 fully saturated rings. The van der Waals surface area contributed by atoms with Crippen molar-refractivity contribution in [2.75, 3.05) is 0 Å². The summed E-state index contributed by atoms with van der Waals surface area (Å²) in [6.07, 6.45) is 3.59. The van der Waals surface area contributed by atoms with Crippen molar-refractivity contribution in [3.05, 3.63) is 53.3 Å². The average molecular weight is 368 g/mol. The summed E-state index contributed by atoms with van der Waals surface area (Å²) >= 11 is 0.